The molecule has 0 aromatic heterocycles. The van der Waals surface area contributed by atoms with Crippen LogP contribution in [0.15, 0.2) is 24.3 Å². The third kappa shape index (κ3) is 4.05. The zero-order valence-corrected chi connectivity index (χ0v) is 23.0. The minimum absolute atomic E-state index is 0.00220. The first-order valence-corrected chi connectivity index (χ1v) is 14.1. The minimum Gasteiger partial charge on any atom is -0.463 e. The standard InChI is InChI=1S/C29H40O10/c1-16-9-12-34-18(17(2)30)7-5-6-8-21(31)37-19-13-20-29(15-36-29)27(19,4)28(14-35-25(33)22(16)32)11-10-26(3)23(39-26)24(28)38-20/h5-8,16-20,22-24,30,32H,9-15H2,1-4H3/b7-5?,8-6+. The van der Waals surface area contributed by atoms with Gasteiger partial charge in [0, 0.05) is 24.5 Å². The van der Waals surface area contributed by atoms with Gasteiger partial charge in [-0.3, -0.25) is 0 Å². The van der Waals surface area contributed by atoms with Crippen molar-refractivity contribution in [2.75, 3.05) is 19.8 Å². The fourth-order valence-electron chi connectivity index (χ4n) is 7.75. The summed E-state index contributed by atoms with van der Waals surface area (Å²) in [6.45, 7) is 8.23. The Bertz CT molecular complexity index is 1070. The molecule has 0 radical (unpaired) electrons. The first-order chi connectivity index (χ1) is 18.5. The van der Waals surface area contributed by atoms with Crippen molar-refractivity contribution in [1.82, 2.24) is 0 Å². The maximum Gasteiger partial charge on any atom is 0.335 e. The minimum atomic E-state index is -1.34. The molecule has 0 aromatic rings. The average Bonchev–Trinajstić information content (AvgIpc) is 3.80. The van der Waals surface area contributed by atoms with Crippen molar-refractivity contribution in [3.05, 3.63) is 24.3 Å². The first kappa shape index (κ1) is 27.4. The number of hydrogen-bond donors (Lipinski definition) is 2. The zero-order valence-electron chi connectivity index (χ0n) is 23.0. The molecule has 3 saturated heterocycles. The lowest BCUT2D eigenvalue weighted by molar-refractivity contribution is -0.252. The number of esters is 2. The number of cyclic esters (lactones) is 1. The average molecular weight is 549 g/mol. The molecular formula is C29H40O10. The summed E-state index contributed by atoms with van der Waals surface area (Å²) in [7, 11) is 0. The topological polar surface area (TPSA) is 137 Å². The number of ether oxygens (including phenoxy) is 6. The molecule has 0 aromatic carbocycles. The van der Waals surface area contributed by atoms with Gasteiger partial charge in [-0.1, -0.05) is 32.1 Å². The van der Waals surface area contributed by atoms with E-state index in [2.05, 4.69) is 13.8 Å². The second kappa shape index (κ2) is 9.36. The number of aliphatic hydroxyl groups excluding tert-OH is 2. The van der Waals surface area contributed by atoms with Gasteiger partial charge in [0.1, 0.15) is 30.5 Å². The van der Waals surface area contributed by atoms with Crippen LogP contribution in [0.4, 0.5) is 0 Å². The van der Waals surface area contributed by atoms with E-state index in [-0.39, 0.29) is 37.1 Å². The van der Waals surface area contributed by atoms with Crippen LogP contribution in [0.2, 0.25) is 0 Å². The van der Waals surface area contributed by atoms with Gasteiger partial charge in [-0.25, -0.2) is 9.59 Å². The number of hydrogen-bond acceptors (Lipinski definition) is 10. The highest BCUT2D eigenvalue weighted by molar-refractivity contribution is 5.82. The maximum atomic E-state index is 13.2. The van der Waals surface area contributed by atoms with Crippen molar-refractivity contribution in [3.63, 3.8) is 0 Å². The van der Waals surface area contributed by atoms with E-state index < -0.39 is 58.7 Å². The van der Waals surface area contributed by atoms with Gasteiger partial charge in [-0.15, -0.1) is 0 Å². The second-order valence-corrected chi connectivity index (χ2v) is 12.7. The first-order valence-electron chi connectivity index (χ1n) is 14.1. The predicted octanol–water partition coefficient (Wildman–Crippen LogP) is 1.60. The quantitative estimate of drug-likeness (QED) is 0.367. The van der Waals surface area contributed by atoms with Crippen LogP contribution in [0.3, 0.4) is 0 Å². The van der Waals surface area contributed by atoms with Gasteiger partial charge in [0.15, 0.2) is 6.10 Å². The van der Waals surface area contributed by atoms with Crippen molar-refractivity contribution < 1.29 is 48.2 Å². The van der Waals surface area contributed by atoms with Crippen LogP contribution in [0, 0.1) is 16.7 Å². The second-order valence-electron chi connectivity index (χ2n) is 12.7. The van der Waals surface area contributed by atoms with Crippen LogP contribution in [0.25, 0.3) is 0 Å². The smallest absolute Gasteiger partial charge is 0.335 e. The van der Waals surface area contributed by atoms with E-state index in [1.165, 1.54) is 6.08 Å². The number of fused-ring (bicyclic) bond motifs is 2. The molecule has 2 saturated carbocycles. The Kier molecular flexibility index (Phi) is 6.56. The summed E-state index contributed by atoms with van der Waals surface area (Å²) >= 11 is 0. The highest BCUT2D eigenvalue weighted by Gasteiger charge is 2.86. The van der Waals surface area contributed by atoms with Gasteiger partial charge >= 0.3 is 11.9 Å². The lowest BCUT2D eigenvalue weighted by atomic mass is 9.50. The van der Waals surface area contributed by atoms with Gasteiger partial charge in [-0.2, -0.15) is 0 Å². The van der Waals surface area contributed by atoms with E-state index in [1.54, 1.807) is 32.1 Å². The Morgan fingerprint density at radius 1 is 1.08 bits per heavy atom. The molecule has 2 aliphatic carbocycles. The number of epoxide rings is 2. The van der Waals surface area contributed by atoms with Crippen LogP contribution >= 0.6 is 0 Å². The Morgan fingerprint density at radius 2 is 1.85 bits per heavy atom. The number of carbonyl (C=O) groups excluding carboxylic acids is 2. The third-order valence-corrected chi connectivity index (χ3v) is 10.6. The van der Waals surface area contributed by atoms with Crippen LogP contribution in [0.1, 0.15) is 53.4 Å². The molecular weight excluding hydrogens is 508 g/mol. The molecule has 2 bridgehead atoms. The summed E-state index contributed by atoms with van der Waals surface area (Å²) in [5.74, 6) is -1.63. The molecule has 2 N–H and O–H groups in total. The van der Waals surface area contributed by atoms with Crippen molar-refractivity contribution in [3.8, 4) is 0 Å². The molecule has 6 rings (SSSR count). The van der Waals surface area contributed by atoms with Crippen molar-refractivity contribution in [2.24, 2.45) is 16.7 Å². The summed E-state index contributed by atoms with van der Waals surface area (Å²) in [6.07, 6.45) is 4.42. The van der Waals surface area contributed by atoms with Crippen LogP contribution < -0.4 is 0 Å². The van der Waals surface area contributed by atoms with Crippen LogP contribution in [-0.2, 0) is 38.0 Å². The highest BCUT2D eigenvalue weighted by atomic mass is 16.7. The van der Waals surface area contributed by atoms with Crippen LogP contribution in [0.5, 0.6) is 0 Å². The summed E-state index contributed by atoms with van der Waals surface area (Å²) in [6, 6.07) is 0. The molecule has 39 heavy (non-hydrogen) atoms. The zero-order chi connectivity index (χ0) is 27.8. The fourth-order valence-corrected chi connectivity index (χ4v) is 7.75. The van der Waals surface area contributed by atoms with E-state index in [0.717, 1.165) is 6.42 Å². The molecule has 4 heterocycles. The van der Waals surface area contributed by atoms with Crippen molar-refractivity contribution in [1.29, 1.82) is 0 Å². The van der Waals surface area contributed by atoms with Gasteiger partial charge in [-0.05, 0) is 39.0 Å². The van der Waals surface area contributed by atoms with Crippen LogP contribution in [-0.4, -0.2) is 95.9 Å². The molecule has 12 unspecified atom stereocenters. The maximum absolute atomic E-state index is 13.2. The van der Waals surface area contributed by atoms with E-state index in [4.69, 9.17) is 28.4 Å². The van der Waals surface area contributed by atoms with E-state index in [9.17, 15) is 19.8 Å². The fraction of sp³-hybridized carbons (Fsp3) is 0.793. The third-order valence-electron chi connectivity index (χ3n) is 10.6. The highest BCUT2D eigenvalue weighted by Crippen LogP contribution is 2.75. The van der Waals surface area contributed by atoms with Crippen molar-refractivity contribution in [2.45, 2.75) is 107 Å². The SMILES string of the molecule is CC(O)C1C=C/C=C/C(=O)OC2CC3OC4C5OC5(C)CCC4(COC(=O)C(O)C(C)CCO1)C2(C)C31CO1. The Labute approximate surface area is 228 Å². The number of rotatable bonds is 1. The Morgan fingerprint density at radius 3 is 2.56 bits per heavy atom. The summed E-state index contributed by atoms with van der Waals surface area (Å²) in [5, 5.41) is 20.9. The van der Waals surface area contributed by atoms with E-state index in [1.807, 2.05) is 0 Å². The van der Waals surface area contributed by atoms with Crippen molar-refractivity contribution >= 4 is 11.9 Å². The lowest BCUT2D eigenvalue weighted by Gasteiger charge is -2.58. The Hall–Kier alpha value is -1.82. The molecule has 0 amide bonds. The normalized spacial score (nSPS) is 52.9. The molecule has 10 nitrogen and oxygen atoms in total. The molecule has 12 atom stereocenters. The molecule has 4 aliphatic heterocycles. The number of aliphatic hydroxyl groups is 2. The van der Waals surface area contributed by atoms with Gasteiger partial charge in [0.2, 0.25) is 0 Å². The predicted molar refractivity (Wildman–Crippen MR) is 135 cm³/mol. The Balaban J connectivity index is 1.36. The molecule has 6 aliphatic rings. The number of carbonyl (C=O) groups is 2. The lowest BCUT2D eigenvalue weighted by Crippen LogP contribution is -2.69. The number of allylic oxidation sites excluding steroid dienone is 2. The summed E-state index contributed by atoms with van der Waals surface area (Å²) in [5.41, 5.74) is -2.35. The van der Waals surface area contributed by atoms with E-state index in [0.29, 0.717) is 25.9 Å². The summed E-state index contributed by atoms with van der Waals surface area (Å²) < 4.78 is 36.8. The monoisotopic (exact) mass is 548 g/mol. The van der Waals surface area contributed by atoms with Gasteiger partial charge in [0.05, 0.1) is 35.9 Å². The van der Waals surface area contributed by atoms with E-state index >= 15 is 0 Å². The van der Waals surface area contributed by atoms with Gasteiger partial charge in [0.25, 0.3) is 0 Å². The largest absolute Gasteiger partial charge is 0.463 e. The molecule has 2 spiro atoms. The van der Waals surface area contributed by atoms with Gasteiger partial charge < -0.3 is 38.6 Å². The summed E-state index contributed by atoms with van der Waals surface area (Å²) in [4.78, 5) is 26.2. The molecule has 10 heteroatoms. The molecule has 5 fully saturated rings. The molecule has 216 valence electrons.